The van der Waals surface area contributed by atoms with Crippen LogP contribution in [0.25, 0.3) is 0 Å². The van der Waals surface area contributed by atoms with Crippen LogP contribution in [0.3, 0.4) is 0 Å². The van der Waals surface area contributed by atoms with Gasteiger partial charge in [0.15, 0.2) is 0 Å². The van der Waals surface area contributed by atoms with E-state index in [-0.39, 0.29) is 17.8 Å². The predicted molar refractivity (Wildman–Crippen MR) is 104 cm³/mol. The highest BCUT2D eigenvalue weighted by molar-refractivity contribution is 7.92. The molecule has 0 aromatic rings. The number of hydrogen-bond donors (Lipinski definition) is 0. The van der Waals surface area contributed by atoms with Crippen molar-refractivity contribution >= 4 is 15.8 Å². The lowest BCUT2D eigenvalue weighted by molar-refractivity contribution is -0.171. The van der Waals surface area contributed by atoms with E-state index in [9.17, 15) is 26.4 Å². The second-order valence-electron chi connectivity index (χ2n) is 9.57. The highest BCUT2D eigenvalue weighted by Crippen LogP contribution is 2.60. The van der Waals surface area contributed by atoms with E-state index >= 15 is 0 Å². The van der Waals surface area contributed by atoms with Gasteiger partial charge in [0.05, 0.1) is 17.8 Å². The van der Waals surface area contributed by atoms with Crippen LogP contribution in [0.2, 0.25) is 0 Å². The Hall–Kier alpha value is -0.790. The van der Waals surface area contributed by atoms with E-state index in [0.29, 0.717) is 13.0 Å². The molecule has 0 amide bonds. The number of carbonyl (C=O) groups is 1. The molecular weight excluding hydrogens is 405 g/mol. The molecule has 4 rings (SSSR count). The Balaban J connectivity index is 1.21. The van der Waals surface area contributed by atoms with Crippen molar-refractivity contribution in [2.24, 2.45) is 23.2 Å². The minimum absolute atomic E-state index is 0.0162. The smallest absolute Gasteiger partial charge is 0.465 e. The molecule has 168 valence electrons. The fourth-order valence-corrected chi connectivity index (χ4v) is 6.89. The number of carbonyl (C=O) groups excluding carboxylic acids is 1. The zero-order valence-electron chi connectivity index (χ0n) is 17.0. The lowest BCUT2D eigenvalue weighted by Crippen LogP contribution is -2.50. The van der Waals surface area contributed by atoms with Crippen molar-refractivity contribution < 1.29 is 31.1 Å². The normalized spacial score (nSPS) is 31.2. The molecule has 4 bridgehead atoms. The molecule has 0 aliphatic heterocycles. The topological polar surface area (TPSA) is 60.4 Å². The molecule has 4 fully saturated rings. The third kappa shape index (κ3) is 5.67. The van der Waals surface area contributed by atoms with Gasteiger partial charge in [-0.2, -0.15) is 13.2 Å². The number of unbranched alkanes of at least 4 members (excludes halogenated alkanes) is 6. The van der Waals surface area contributed by atoms with E-state index in [2.05, 4.69) is 0 Å². The van der Waals surface area contributed by atoms with Crippen LogP contribution >= 0.6 is 0 Å². The van der Waals surface area contributed by atoms with E-state index in [0.717, 1.165) is 69.1 Å². The fraction of sp³-hybridized carbons (Fsp3) is 0.952. The quantitative estimate of drug-likeness (QED) is 0.320. The number of esters is 1. The summed E-state index contributed by atoms with van der Waals surface area (Å²) in [5.41, 5.74) is -5.34. The molecule has 0 heterocycles. The molecule has 0 aromatic heterocycles. The van der Waals surface area contributed by atoms with Gasteiger partial charge in [-0.3, -0.25) is 4.79 Å². The molecule has 0 spiro atoms. The van der Waals surface area contributed by atoms with Gasteiger partial charge in [0.1, 0.15) is 0 Å². The van der Waals surface area contributed by atoms with Crippen LogP contribution in [0.15, 0.2) is 0 Å². The summed E-state index contributed by atoms with van der Waals surface area (Å²) in [5, 5.41) is 0. The Morgan fingerprint density at radius 2 is 1.28 bits per heavy atom. The third-order valence-corrected chi connectivity index (χ3v) is 8.65. The molecule has 0 N–H and O–H groups in total. The van der Waals surface area contributed by atoms with E-state index < -0.39 is 21.1 Å². The summed E-state index contributed by atoms with van der Waals surface area (Å²) in [5.74, 6) is 1.36. The van der Waals surface area contributed by atoms with Crippen molar-refractivity contribution in [2.45, 2.75) is 89.0 Å². The lowest BCUT2D eigenvalue weighted by Gasteiger charge is -2.55. The molecule has 29 heavy (non-hydrogen) atoms. The Bertz CT molecular complexity index is 637. The first-order valence-corrected chi connectivity index (χ1v) is 12.7. The summed E-state index contributed by atoms with van der Waals surface area (Å²) < 4.78 is 64.2. The molecule has 4 aliphatic carbocycles. The first-order valence-electron chi connectivity index (χ1n) is 11.1. The van der Waals surface area contributed by atoms with Gasteiger partial charge in [-0.1, -0.05) is 32.1 Å². The minimum Gasteiger partial charge on any atom is -0.465 e. The van der Waals surface area contributed by atoms with Crippen LogP contribution in [0, 0.1) is 23.2 Å². The summed E-state index contributed by atoms with van der Waals surface area (Å²) in [7, 11) is -4.98. The number of halogens is 3. The first-order chi connectivity index (χ1) is 13.6. The van der Waals surface area contributed by atoms with E-state index in [1.165, 1.54) is 19.3 Å². The minimum atomic E-state index is -5.14. The molecule has 4 saturated carbocycles. The van der Waals surface area contributed by atoms with Crippen molar-refractivity contribution in [3.8, 4) is 0 Å². The summed E-state index contributed by atoms with van der Waals surface area (Å²) in [6.45, 7) is 0.449. The van der Waals surface area contributed by atoms with Crippen LogP contribution in [-0.2, 0) is 19.4 Å². The van der Waals surface area contributed by atoms with Crippen molar-refractivity contribution in [3.63, 3.8) is 0 Å². The van der Waals surface area contributed by atoms with Gasteiger partial charge >= 0.3 is 11.5 Å². The van der Waals surface area contributed by atoms with Gasteiger partial charge in [-0.15, -0.1) is 0 Å². The third-order valence-electron chi connectivity index (χ3n) is 7.11. The zero-order valence-corrected chi connectivity index (χ0v) is 17.8. The standard InChI is InChI=1S/C21H33F3O4S/c22-21(23,24)29(26,27)9-7-5-3-1-2-4-6-8-28-19(25)20-13-16-10-17(14-20)12-18(11-16)15-20/h16-18H,1-15H2. The van der Waals surface area contributed by atoms with Gasteiger partial charge in [-0.05, 0) is 69.1 Å². The molecule has 4 nitrogen and oxygen atoms in total. The number of sulfone groups is 1. The van der Waals surface area contributed by atoms with Gasteiger partial charge in [0.25, 0.3) is 0 Å². The molecule has 8 heteroatoms. The van der Waals surface area contributed by atoms with Crippen LogP contribution in [0.5, 0.6) is 0 Å². The molecular formula is C21H33F3O4S. The summed E-state index contributed by atoms with van der Waals surface area (Å²) in [4.78, 5) is 12.7. The Labute approximate surface area is 171 Å². The maximum atomic E-state index is 12.7. The second-order valence-corrected chi connectivity index (χ2v) is 11.7. The van der Waals surface area contributed by atoms with Crippen LogP contribution in [0.4, 0.5) is 13.2 Å². The van der Waals surface area contributed by atoms with Gasteiger partial charge in [-0.25, -0.2) is 8.42 Å². The average molecular weight is 439 g/mol. The van der Waals surface area contributed by atoms with Crippen molar-refractivity contribution in [2.75, 3.05) is 12.4 Å². The molecule has 0 unspecified atom stereocenters. The van der Waals surface area contributed by atoms with Crippen molar-refractivity contribution in [3.05, 3.63) is 0 Å². The fourth-order valence-electron chi connectivity index (χ4n) is 6.07. The van der Waals surface area contributed by atoms with E-state index in [1.54, 1.807) is 0 Å². The van der Waals surface area contributed by atoms with Crippen molar-refractivity contribution in [1.29, 1.82) is 0 Å². The molecule has 4 aliphatic rings. The SMILES string of the molecule is O=C(OCCCCCCCCCS(=O)(=O)C(F)(F)F)C12CC3CC(CC(C3)C1)C2. The second kappa shape index (κ2) is 9.15. The largest absolute Gasteiger partial charge is 0.497 e. The van der Waals surface area contributed by atoms with Gasteiger partial charge < -0.3 is 4.74 Å². The van der Waals surface area contributed by atoms with E-state index in [1.807, 2.05) is 0 Å². The van der Waals surface area contributed by atoms with Crippen molar-refractivity contribution in [1.82, 2.24) is 0 Å². The molecule has 0 aromatic carbocycles. The Morgan fingerprint density at radius 3 is 1.76 bits per heavy atom. The highest BCUT2D eigenvalue weighted by atomic mass is 32.2. The molecule has 0 saturated heterocycles. The monoisotopic (exact) mass is 438 g/mol. The summed E-state index contributed by atoms with van der Waals surface area (Å²) in [6, 6.07) is 0. The Kier molecular flexibility index (Phi) is 7.22. The summed E-state index contributed by atoms with van der Waals surface area (Å²) in [6.07, 6.45) is 11.7. The average Bonchev–Trinajstić information content (AvgIpc) is 2.61. The molecule has 0 atom stereocenters. The molecule has 0 radical (unpaired) electrons. The number of rotatable bonds is 11. The first kappa shape index (κ1) is 22.9. The summed E-state index contributed by atoms with van der Waals surface area (Å²) >= 11 is 0. The Morgan fingerprint density at radius 1 is 0.828 bits per heavy atom. The zero-order chi connectivity index (χ0) is 21.1. The number of alkyl halides is 3. The lowest BCUT2D eigenvalue weighted by atomic mass is 9.49. The van der Waals surface area contributed by atoms with Crippen LogP contribution < -0.4 is 0 Å². The number of hydrogen-bond acceptors (Lipinski definition) is 4. The maximum absolute atomic E-state index is 12.7. The van der Waals surface area contributed by atoms with Crippen LogP contribution in [-0.4, -0.2) is 32.3 Å². The van der Waals surface area contributed by atoms with Gasteiger partial charge in [0, 0.05) is 0 Å². The highest BCUT2D eigenvalue weighted by Gasteiger charge is 2.55. The predicted octanol–water partition coefficient (Wildman–Crippen LogP) is 5.41. The maximum Gasteiger partial charge on any atom is 0.497 e. The van der Waals surface area contributed by atoms with E-state index in [4.69, 9.17) is 4.74 Å². The van der Waals surface area contributed by atoms with Gasteiger partial charge in [0.2, 0.25) is 9.84 Å². The van der Waals surface area contributed by atoms with Crippen LogP contribution in [0.1, 0.15) is 83.5 Å². The number of ether oxygens (including phenoxy) is 1.